The highest BCUT2D eigenvalue weighted by atomic mass is 16.3. The van der Waals surface area contributed by atoms with E-state index in [2.05, 4.69) is 19.9 Å². The van der Waals surface area contributed by atoms with Crippen LogP contribution < -0.4 is 0 Å². The summed E-state index contributed by atoms with van der Waals surface area (Å²) >= 11 is 0. The minimum Gasteiger partial charge on any atom is -0.393 e. The number of hydrogen-bond donors (Lipinski definition) is 2. The Morgan fingerprint density at radius 3 is 2.57 bits per heavy atom. The molecule has 0 spiro atoms. The number of rotatable bonds is 1. The van der Waals surface area contributed by atoms with Crippen molar-refractivity contribution in [3.05, 3.63) is 11.6 Å². The van der Waals surface area contributed by atoms with Gasteiger partial charge in [0.25, 0.3) is 0 Å². The molecule has 0 aromatic carbocycles. The molecule has 2 N–H and O–H groups in total. The quantitative estimate of drug-likeness (QED) is 0.707. The summed E-state index contributed by atoms with van der Waals surface area (Å²) < 4.78 is 0. The van der Waals surface area contributed by atoms with Crippen LogP contribution in [-0.4, -0.2) is 22.4 Å². The van der Waals surface area contributed by atoms with Crippen molar-refractivity contribution in [2.24, 2.45) is 34.5 Å². The van der Waals surface area contributed by atoms with E-state index in [9.17, 15) is 10.2 Å². The third kappa shape index (κ3) is 2.20. The first kappa shape index (κ1) is 16.1. The topological polar surface area (TPSA) is 40.5 Å². The van der Waals surface area contributed by atoms with Gasteiger partial charge in [0, 0.05) is 0 Å². The Hall–Kier alpha value is -0.340. The molecular weight excluding hydrogens is 284 g/mol. The highest BCUT2D eigenvalue weighted by molar-refractivity contribution is 5.25. The second-order valence-electron chi connectivity index (χ2n) is 9.60. The fourth-order valence-electron chi connectivity index (χ4n) is 7.54. The molecule has 0 radical (unpaired) electrons. The molecule has 0 amide bonds. The van der Waals surface area contributed by atoms with Crippen molar-refractivity contribution in [2.75, 3.05) is 0 Å². The van der Waals surface area contributed by atoms with E-state index in [4.69, 9.17) is 0 Å². The average Bonchev–Trinajstić information content (AvgIpc) is 2.85. The van der Waals surface area contributed by atoms with Crippen molar-refractivity contribution < 1.29 is 10.2 Å². The Morgan fingerprint density at radius 2 is 1.83 bits per heavy atom. The molecule has 2 nitrogen and oxygen atoms in total. The molecular formula is C21H34O2. The molecule has 4 rings (SSSR count). The van der Waals surface area contributed by atoms with Gasteiger partial charge in [0.05, 0.1) is 12.2 Å². The van der Waals surface area contributed by atoms with Gasteiger partial charge in [0.1, 0.15) is 0 Å². The van der Waals surface area contributed by atoms with Gasteiger partial charge in [-0.3, -0.25) is 0 Å². The summed E-state index contributed by atoms with van der Waals surface area (Å²) in [6.07, 6.45) is 11.6. The number of aliphatic hydroxyl groups excluding tert-OH is 2. The Labute approximate surface area is 141 Å². The van der Waals surface area contributed by atoms with E-state index in [1.54, 1.807) is 5.57 Å². The monoisotopic (exact) mass is 318 g/mol. The largest absolute Gasteiger partial charge is 0.393 e. The Morgan fingerprint density at radius 1 is 1.04 bits per heavy atom. The third-order valence-corrected chi connectivity index (χ3v) is 8.74. The molecule has 23 heavy (non-hydrogen) atoms. The van der Waals surface area contributed by atoms with Gasteiger partial charge in [-0.15, -0.1) is 0 Å². The average molecular weight is 319 g/mol. The van der Waals surface area contributed by atoms with E-state index in [-0.39, 0.29) is 12.2 Å². The van der Waals surface area contributed by atoms with Gasteiger partial charge in [-0.05, 0) is 92.8 Å². The summed E-state index contributed by atoms with van der Waals surface area (Å²) in [6, 6.07) is 0. The molecule has 3 saturated carbocycles. The van der Waals surface area contributed by atoms with Crippen LogP contribution in [0.25, 0.3) is 0 Å². The molecule has 2 heteroatoms. The molecule has 0 aromatic heterocycles. The van der Waals surface area contributed by atoms with Crippen molar-refractivity contribution in [1.82, 2.24) is 0 Å². The number of fused-ring (bicyclic) bond motifs is 5. The van der Waals surface area contributed by atoms with Gasteiger partial charge in [0.15, 0.2) is 0 Å². The van der Waals surface area contributed by atoms with E-state index in [1.165, 1.54) is 44.9 Å². The van der Waals surface area contributed by atoms with Gasteiger partial charge in [-0.25, -0.2) is 0 Å². The zero-order valence-corrected chi connectivity index (χ0v) is 15.1. The summed E-state index contributed by atoms with van der Waals surface area (Å²) in [5, 5.41) is 20.3. The summed E-state index contributed by atoms with van der Waals surface area (Å²) in [5.74, 6) is 2.97. The van der Waals surface area contributed by atoms with Crippen LogP contribution in [0.15, 0.2) is 11.6 Å². The van der Waals surface area contributed by atoms with Gasteiger partial charge in [-0.2, -0.15) is 0 Å². The summed E-state index contributed by atoms with van der Waals surface area (Å²) in [4.78, 5) is 0. The van der Waals surface area contributed by atoms with Crippen molar-refractivity contribution >= 4 is 0 Å². The summed E-state index contributed by atoms with van der Waals surface area (Å²) in [5.41, 5.74) is 2.26. The summed E-state index contributed by atoms with van der Waals surface area (Å²) in [6.45, 7) is 6.98. The maximum atomic E-state index is 10.3. The zero-order chi connectivity index (χ0) is 16.4. The van der Waals surface area contributed by atoms with E-state index in [1.807, 2.05) is 6.92 Å². The first-order valence-electron chi connectivity index (χ1n) is 9.93. The summed E-state index contributed by atoms with van der Waals surface area (Å²) in [7, 11) is 0. The maximum Gasteiger partial charge on any atom is 0.0724 e. The molecule has 8 atom stereocenters. The number of aliphatic hydroxyl groups is 2. The number of allylic oxidation sites excluding steroid dienone is 1. The first-order chi connectivity index (χ1) is 10.9. The lowest BCUT2D eigenvalue weighted by molar-refractivity contribution is -0.0725. The lowest BCUT2D eigenvalue weighted by Crippen LogP contribution is -2.51. The molecule has 0 aliphatic heterocycles. The predicted molar refractivity (Wildman–Crippen MR) is 92.9 cm³/mol. The SMILES string of the molecule is C[C@H](O)[C@H]1CCC2C3CCC4=C[C@@H](O)CC[C@]4(C)C3CC[C@@]21C. The molecule has 0 heterocycles. The second-order valence-corrected chi connectivity index (χ2v) is 9.60. The van der Waals surface area contributed by atoms with E-state index in [0.29, 0.717) is 16.7 Å². The molecule has 130 valence electrons. The van der Waals surface area contributed by atoms with Crippen LogP contribution in [0.4, 0.5) is 0 Å². The van der Waals surface area contributed by atoms with Crippen LogP contribution in [0.1, 0.15) is 72.1 Å². The highest BCUT2D eigenvalue weighted by Crippen LogP contribution is 2.67. The van der Waals surface area contributed by atoms with Gasteiger partial charge in [0.2, 0.25) is 0 Å². The fraction of sp³-hybridized carbons (Fsp3) is 0.905. The van der Waals surface area contributed by atoms with Crippen molar-refractivity contribution in [3.8, 4) is 0 Å². The molecule has 3 fully saturated rings. The van der Waals surface area contributed by atoms with Crippen LogP contribution in [0.2, 0.25) is 0 Å². The van der Waals surface area contributed by atoms with Gasteiger partial charge in [-0.1, -0.05) is 25.5 Å². The third-order valence-electron chi connectivity index (χ3n) is 8.74. The minimum absolute atomic E-state index is 0.152. The van der Waals surface area contributed by atoms with Crippen molar-refractivity contribution in [2.45, 2.75) is 84.3 Å². The predicted octanol–water partition coefficient (Wildman–Crippen LogP) is 4.31. The second kappa shape index (κ2) is 5.33. The van der Waals surface area contributed by atoms with E-state index < -0.39 is 0 Å². The molecule has 0 aromatic rings. The Bertz CT molecular complexity index is 510. The number of hydrogen-bond acceptors (Lipinski definition) is 2. The Balaban J connectivity index is 1.64. The lowest BCUT2D eigenvalue weighted by Gasteiger charge is -2.58. The van der Waals surface area contributed by atoms with Crippen LogP contribution in [-0.2, 0) is 0 Å². The normalized spacial score (nSPS) is 53.8. The lowest BCUT2D eigenvalue weighted by atomic mass is 9.46. The van der Waals surface area contributed by atoms with Crippen LogP contribution >= 0.6 is 0 Å². The molecule has 0 saturated heterocycles. The standard InChI is InChI=1S/C21H34O2/c1-13(22)17-6-7-18-16-5-4-14-12-15(23)8-10-20(14,2)19(16)9-11-21(17,18)3/h12-13,15-19,22-23H,4-11H2,1-3H3/t13-,15-,16?,17+,18?,19?,20-,21+/m0/s1. The van der Waals surface area contributed by atoms with Crippen LogP contribution in [0.5, 0.6) is 0 Å². The van der Waals surface area contributed by atoms with Gasteiger partial charge >= 0.3 is 0 Å². The molecule has 3 unspecified atom stereocenters. The van der Waals surface area contributed by atoms with E-state index in [0.717, 1.165) is 24.2 Å². The van der Waals surface area contributed by atoms with Crippen molar-refractivity contribution in [1.29, 1.82) is 0 Å². The smallest absolute Gasteiger partial charge is 0.0724 e. The van der Waals surface area contributed by atoms with E-state index >= 15 is 0 Å². The van der Waals surface area contributed by atoms with Crippen molar-refractivity contribution in [3.63, 3.8) is 0 Å². The van der Waals surface area contributed by atoms with Crippen LogP contribution in [0, 0.1) is 34.5 Å². The molecule has 4 aliphatic rings. The molecule has 0 bridgehead atoms. The minimum atomic E-state index is -0.199. The van der Waals surface area contributed by atoms with Crippen LogP contribution in [0.3, 0.4) is 0 Å². The first-order valence-corrected chi connectivity index (χ1v) is 9.93. The zero-order valence-electron chi connectivity index (χ0n) is 15.1. The Kier molecular flexibility index (Phi) is 3.74. The molecule has 4 aliphatic carbocycles. The highest BCUT2D eigenvalue weighted by Gasteiger charge is 2.59. The fourth-order valence-corrected chi connectivity index (χ4v) is 7.54. The maximum absolute atomic E-state index is 10.3. The van der Waals surface area contributed by atoms with Gasteiger partial charge < -0.3 is 10.2 Å².